The van der Waals surface area contributed by atoms with Gasteiger partial charge >= 0.3 is 0 Å². The number of aryl methyl sites for hydroxylation is 2. The maximum atomic E-state index is 12.8. The van der Waals surface area contributed by atoms with Crippen LogP contribution in [0.1, 0.15) is 38.1 Å². The molecule has 1 aliphatic rings. The van der Waals surface area contributed by atoms with Gasteiger partial charge in [0.15, 0.2) is 5.76 Å². The van der Waals surface area contributed by atoms with Crippen molar-refractivity contribution in [3.63, 3.8) is 0 Å². The minimum Gasteiger partial charge on any atom is -0.360 e. The van der Waals surface area contributed by atoms with Gasteiger partial charge in [-0.1, -0.05) is 19.0 Å². The summed E-state index contributed by atoms with van der Waals surface area (Å²) < 4.78 is 32.1. The first-order valence-electron chi connectivity index (χ1n) is 9.24. The second-order valence-corrected chi connectivity index (χ2v) is 8.59. The fourth-order valence-electron chi connectivity index (χ4n) is 3.34. The van der Waals surface area contributed by atoms with E-state index in [4.69, 9.17) is 4.52 Å². The normalized spacial score (nSPS) is 16.4. The van der Waals surface area contributed by atoms with E-state index in [2.05, 4.69) is 23.9 Å². The molecule has 1 amide bonds. The summed E-state index contributed by atoms with van der Waals surface area (Å²) in [5.74, 6) is 0.372. The number of hydrogen-bond donors (Lipinski definition) is 0. The van der Waals surface area contributed by atoms with Crippen LogP contribution in [0.25, 0.3) is 0 Å². The summed E-state index contributed by atoms with van der Waals surface area (Å²) in [6.45, 7) is 11.0. The lowest BCUT2D eigenvalue weighted by Gasteiger charge is -2.35. The lowest BCUT2D eigenvalue weighted by molar-refractivity contribution is -0.133. The number of sulfonamides is 1. The van der Waals surface area contributed by atoms with Gasteiger partial charge in [0, 0.05) is 26.2 Å². The third kappa shape index (κ3) is 4.63. The molecule has 9 heteroatoms. The Labute approximate surface area is 156 Å². The van der Waals surface area contributed by atoms with Gasteiger partial charge in [-0.3, -0.25) is 9.69 Å². The summed E-state index contributed by atoms with van der Waals surface area (Å²) >= 11 is 0. The molecule has 2 heterocycles. The SMILES string of the molecule is CCCN(CCC)CC(=O)N1CCN(S(=O)(=O)c2c(C)noc2C)CC1. The second kappa shape index (κ2) is 8.96. The van der Waals surface area contributed by atoms with Crippen LogP contribution in [-0.4, -0.2) is 79.4 Å². The van der Waals surface area contributed by atoms with Crippen LogP contribution in [0.15, 0.2) is 9.42 Å². The first-order valence-corrected chi connectivity index (χ1v) is 10.7. The Hall–Kier alpha value is -1.45. The predicted molar refractivity (Wildman–Crippen MR) is 98.3 cm³/mol. The molecule has 1 aromatic rings. The van der Waals surface area contributed by atoms with Crippen LogP contribution in [0.4, 0.5) is 0 Å². The van der Waals surface area contributed by atoms with Crippen LogP contribution < -0.4 is 0 Å². The molecule has 8 nitrogen and oxygen atoms in total. The van der Waals surface area contributed by atoms with Crippen LogP contribution in [0.2, 0.25) is 0 Å². The molecule has 0 atom stereocenters. The molecule has 0 spiro atoms. The van der Waals surface area contributed by atoms with E-state index in [-0.39, 0.29) is 10.8 Å². The molecule has 0 unspecified atom stereocenters. The third-order valence-corrected chi connectivity index (χ3v) is 6.74. The van der Waals surface area contributed by atoms with Gasteiger partial charge in [0.2, 0.25) is 15.9 Å². The van der Waals surface area contributed by atoms with Crippen LogP contribution in [-0.2, 0) is 14.8 Å². The molecule has 1 fully saturated rings. The lowest BCUT2D eigenvalue weighted by atomic mass is 10.3. The van der Waals surface area contributed by atoms with Crippen molar-refractivity contribution in [3.8, 4) is 0 Å². The van der Waals surface area contributed by atoms with Gasteiger partial charge in [-0.25, -0.2) is 8.42 Å². The topological polar surface area (TPSA) is 87.0 Å². The molecular formula is C17H30N4O4S. The second-order valence-electron chi connectivity index (χ2n) is 6.71. The Balaban J connectivity index is 1.97. The molecular weight excluding hydrogens is 356 g/mol. The fourth-order valence-corrected chi connectivity index (χ4v) is 5.06. The summed E-state index contributed by atoms with van der Waals surface area (Å²) in [4.78, 5) is 16.6. The van der Waals surface area contributed by atoms with Gasteiger partial charge in [0.25, 0.3) is 0 Å². The van der Waals surface area contributed by atoms with Crippen molar-refractivity contribution >= 4 is 15.9 Å². The van der Waals surface area contributed by atoms with Gasteiger partial charge in [-0.05, 0) is 39.8 Å². The molecule has 0 radical (unpaired) electrons. The highest BCUT2D eigenvalue weighted by Crippen LogP contribution is 2.24. The molecule has 1 aliphatic heterocycles. The monoisotopic (exact) mass is 386 g/mol. The number of nitrogens with zero attached hydrogens (tertiary/aromatic N) is 4. The average molecular weight is 387 g/mol. The van der Waals surface area contributed by atoms with E-state index in [9.17, 15) is 13.2 Å². The van der Waals surface area contributed by atoms with Crippen molar-refractivity contribution in [1.82, 2.24) is 19.3 Å². The number of aromatic nitrogens is 1. The Morgan fingerprint density at radius 3 is 2.15 bits per heavy atom. The van der Waals surface area contributed by atoms with Crippen molar-refractivity contribution in [2.75, 3.05) is 45.8 Å². The summed E-state index contributed by atoms with van der Waals surface area (Å²) in [5.41, 5.74) is 0.371. The number of carbonyl (C=O) groups is 1. The Morgan fingerprint density at radius 1 is 1.12 bits per heavy atom. The van der Waals surface area contributed by atoms with Crippen LogP contribution >= 0.6 is 0 Å². The van der Waals surface area contributed by atoms with Crippen molar-refractivity contribution in [3.05, 3.63) is 11.5 Å². The number of amides is 1. The maximum Gasteiger partial charge on any atom is 0.248 e. The molecule has 0 aliphatic carbocycles. The minimum atomic E-state index is -3.64. The van der Waals surface area contributed by atoms with Crippen molar-refractivity contribution in [2.45, 2.75) is 45.4 Å². The molecule has 1 aromatic heterocycles. The van der Waals surface area contributed by atoms with E-state index in [0.717, 1.165) is 25.9 Å². The zero-order chi connectivity index (χ0) is 19.3. The van der Waals surface area contributed by atoms with E-state index in [0.29, 0.717) is 44.2 Å². The van der Waals surface area contributed by atoms with Crippen LogP contribution in [0.3, 0.4) is 0 Å². The van der Waals surface area contributed by atoms with Gasteiger partial charge < -0.3 is 9.42 Å². The Morgan fingerprint density at radius 2 is 1.69 bits per heavy atom. The molecule has 0 aromatic carbocycles. The van der Waals surface area contributed by atoms with Gasteiger partial charge in [0.1, 0.15) is 10.6 Å². The number of carbonyl (C=O) groups excluding carboxylic acids is 1. The molecule has 1 saturated heterocycles. The average Bonchev–Trinajstić information content (AvgIpc) is 2.94. The fraction of sp³-hybridized carbons (Fsp3) is 0.765. The highest BCUT2D eigenvalue weighted by Gasteiger charge is 2.34. The summed E-state index contributed by atoms with van der Waals surface area (Å²) in [7, 11) is -3.64. The zero-order valence-electron chi connectivity index (χ0n) is 16.2. The maximum absolute atomic E-state index is 12.8. The largest absolute Gasteiger partial charge is 0.360 e. The quantitative estimate of drug-likeness (QED) is 0.668. The summed E-state index contributed by atoms with van der Waals surface area (Å²) in [6, 6.07) is 0. The number of hydrogen-bond acceptors (Lipinski definition) is 6. The van der Waals surface area contributed by atoms with Gasteiger partial charge in [-0.15, -0.1) is 0 Å². The minimum absolute atomic E-state index is 0.0706. The number of rotatable bonds is 8. The van der Waals surface area contributed by atoms with Gasteiger partial charge in [-0.2, -0.15) is 4.31 Å². The Kier molecular flexibility index (Phi) is 7.19. The molecule has 0 saturated carbocycles. The van der Waals surface area contributed by atoms with E-state index < -0.39 is 10.0 Å². The lowest BCUT2D eigenvalue weighted by Crippen LogP contribution is -2.52. The van der Waals surface area contributed by atoms with E-state index in [1.165, 1.54) is 4.31 Å². The van der Waals surface area contributed by atoms with E-state index in [1.807, 2.05) is 0 Å². The Bertz CT molecular complexity index is 683. The third-order valence-electron chi connectivity index (χ3n) is 4.60. The summed E-state index contributed by atoms with van der Waals surface area (Å²) in [6.07, 6.45) is 2.02. The van der Waals surface area contributed by atoms with Crippen LogP contribution in [0.5, 0.6) is 0 Å². The standard InChI is InChI=1S/C17H30N4O4S/c1-5-7-19(8-6-2)13-16(22)20-9-11-21(12-10-20)26(23,24)17-14(3)18-25-15(17)4/h5-13H2,1-4H3. The van der Waals surface area contributed by atoms with Crippen molar-refractivity contribution < 1.29 is 17.7 Å². The van der Waals surface area contributed by atoms with E-state index >= 15 is 0 Å². The zero-order valence-corrected chi connectivity index (χ0v) is 17.0. The molecule has 26 heavy (non-hydrogen) atoms. The molecule has 148 valence electrons. The summed E-state index contributed by atoms with van der Waals surface area (Å²) in [5, 5.41) is 3.74. The first-order chi connectivity index (χ1) is 12.3. The molecule has 0 bridgehead atoms. The first kappa shape index (κ1) is 20.9. The number of piperazine rings is 1. The molecule has 2 rings (SSSR count). The van der Waals surface area contributed by atoms with Crippen LogP contribution in [0, 0.1) is 13.8 Å². The smallest absolute Gasteiger partial charge is 0.248 e. The highest BCUT2D eigenvalue weighted by molar-refractivity contribution is 7.89. The van der Waals surface area contributed by atoms with Crippen molar-refractivity contribution in [1.29, 1.82) is 0 Å². The predicted octanol–water partition coefficient (Wildman–Crippen LogP) is 1.25. The molecule has 0 N–H and O–H groups in total. The van der Waals surface area contributed by atoms with Gasteiger partial charge in [0.05, 0.1) is 6.54 Å². The van der Waals surface area contributed by atoms with E-state index in [1.54, 1.807) is 18.7 Å². The highest BCUT2D eigenvalue weighted by atomic mass is 32.2. The van der Waals surface area contributed by atoms with Crippen molar-refractivity contribution in [2.24, 2.45) is 0 Å².